The number of nitrogens with zero attached hydrogens (tertiary/aromatic N) is 1. The Labute approximate surface area is 201 Å². The standard InChI is InChI=1S/C27H21ClN2O4/c1-18-10-12-20(13-11-18)27(32)34-24-15-14-19-6-2-3-7-21(19)22(24)16-29-30-26(31)17-33-25-9-5-4-8-23(25)28/h2-16H,17H2,1H3,(H,30,31)/b29-16+. The molecular weight excluding hydrogens is 452 g/mol. The van der Waals surface area contributed by atoms with Crippen LogP contribution in [0.15, 0.2) is 90.0 Å². The van der Waals surface area contributed by atoms with E-state index in [0.717, 1.165) is 16.3 Å². The van der Waals surface area contributed by atoms with E-state index in [1.54, 1.807) is 42.5 Å². The summed E-state index contributed by atoms with van der Waals surface area (Å²) in [7, 11) is 0. The molecule has 0 unspecified atom stereocenters. The summed E-state index contributed by atoms with van der Waals surface area (Å²) in [5, 5.41) is 6.22. The van der Waals surface area contributed by atoms with Gasteiger partial charge in [0.05, 0.1) is 16.8 Å². The number of para-hydroxylation sites is 1. The predicted octanol–water partition coefficient (Wildman–Crippen LogP) is 5.55. The molecule has 0 aliphatic heterocycles. The molecule has 6 nitrogen and oxygen atoms in total. The maximum Gasteiger partial charge on any atom is 0.343 e. The summed E-state index contributed by atoms with van der Waals surface area (Å²) in [4.78, 5) is 24.9. The van der Waals surface area contributed by atoms with Crippen molar-refractivity contribution in [3.05, 3.63) is 107 Å². The van der Waals surface area contributed by atoms with E-state index in [4.69, 9.17) is 21.1 Å². The summed E-state index contributed by atoms with van der Waals surface area (Å²) < 4.78 is 11.1. The molecule has 170 valence electrons. The van der Waals surface area contributed by atoms with Gasteiger partial charge < -0.3 is 9.47 Å². The molecule has 4 aromatic carbocycles. The van der Waals surface area contributed by atoms with Gasteiger partial charge in [0, 0.05) is 5.56 Å². The van der Waals surface area contributed by atoms with Gasteiger partial charge in [-0.15, -0.1) is 0 Å². The Morgan fingerprint density at radius 1 is 0.912 bits per heavy atom. The zero-order chi connectivity index (χ0) is 23.9. The quantitative estimate of drug-likeness (QED) is 0.165. The Hall–Kier alpha value is -4.16. The Bertz CT molecular complexity index is 1370. The van der Waals surface area contributed by atoms with Crippen LogP contribution in [0.1, 0.15) is 21.5 Å². The van der Waals surface area contributed by atoms with Crippen molar-refractivity contribution < 1.29 is 19.1 Å². The fourth-order valence-electron chi connectivity index (χ4n) is 3.25. The van der Waals surface area contributed by atoms with Crippen molar-refractivity contribution in [2.45, 2.75) is 6.92 Å². The highest BCUT2D eigenvalue weighted by atomic mass is 35.5. The van der Waals surface area contributed by atoms with Gasteiger partial charge in [-0.2, -0.15) is 5.10 Å². The third-order valence-corrected chi connectivity index (χ3v) is 5.31. The number of halogens is 1. The number of hydrogen-bond donors (Lipinski definition) is 1. The average Bonchev–Trinajstić information content (AvgIpc) is 2.85. The number of aryl methyl sites for hydroxylation is 1. The van der Waals surface area contributed by atoms with E-state index in [2.05, 4.69) is 10.5 Å². The maximum atomic E-state index is 12.7. The highest BCUT2D eigenvalue weighted by molar-refractivity contribution is 6.32. The van der Waals surface area contributed by atoms with Gasteiger partial charge in [-0.25, -0.2) is 10.2 Å². The van der Waals surface area contributed by atoms with Crippen LogP contribution in [0.2, 0.25) is 5.02 Å². The number of nitrogens with one attached hydrogen (secondary N) is 1. The fraction of sp³-hybridized carbons (Fsp3) is 0.0741. The third-order valence-electron chi connectivity index (χ3n) is 5.00. The van der Waals surface area contributed by atoms with Gasteiger partial charge >= 0.3 is 5.97 Å². The molecule has 0 fully saturated rings. The van der Waals surface area contributed by atoms with Crippen LogP contribution in [-0.4, -0.2) is 24.7 Å². The van der Waals surface area contributed by atoms with Gasteiger partial charge in [0.1, 0.15) is 11.5 Å². The zero-order valence-electron chi connectivity index (χ0n) is 18.3. The van der Waals surface area contributed by atoms with E-state index in [1.807, 2.05) is 49.4 Å². The van der Waals surface area contributed by atoms with Crippen molar-refractivity contribution in [3.63, 3.8) is 0 Å². The van der Waals surface area contributed by atoms with E-state index in [9.17, 15) is 9.59 Å². The first kappa shape index (κ1) is 23.0. The van der Waals surface area contributed by atoms with E-state index >= 15 is 0 Å². The molecule has 0 saturated carbocycles. The summed E-state index contributed by atoms with van der Waals surface area (Å²) in [5.74, 6) is -0.214. The molecule has 0 aromatic heterocycles. The number of carbonyl (C=O) groups is 2. The SMILES string of the molecule is Cc1ccc(C(=O)Oc2ccc3ccccc3c2/C=N/NC(=O)COc2ccccc2Cl)cc1. The van der Waals surface area contributed by atoms with E-state index in [0.29, 0.717) is 27.6 Å². The number of amides is 1. The van der Waals surface area contributed by atoms with Crippen LogP contribution in [0, 0.1) is 6.92 Å². The van der Waals surface area contributed by atoms with Crippen LogP contribution in [-0.2, 0) is 4.79 Å². The molecule has 0 radical (unpaired) electrons. The van der Waals surface area contributed by atoms with Crippen LogP contribution in [0.4, 0.5) is 0 Å². The molecule has 7 heteroatoms. The summed E-state index contributed by atoms with van der Waals surface area (Å²) in [6.45, 7) is 1.69. The molecule has 0 heterocycles. The molecule has 4 aromatic rings. The molecule has 0 aliphatic carbocycles. The number of hydrogen-bond acceptors (Lipinski definition) is 5. The monoisotopic (exact) mass is 472 g/mol. The van der Waals surface area contributed by atoms with Crippen LogP contribution in [0.3, 0.4) is 0 Å². The summed E-state index contributed by atoms with van der Waals surface area (Å²) in [6.07, 6.45) is 1.45. The van der Waals surface area contributed by atoms with E-state index in [-0.39, 0.29) is 6.61 Å². The minimum Gasteiger partial charge on any atom is -0.482 e. The molecule has 0 bridgehead atoms. The second-order valence-electron chi connectivity index (χ2n) is 7.47. The van der Waals surface area contributed by atoms with Gasteiger partial charge in [-0.1, -0.05) is 71.8 Å². The first-order chi connectivity index (χ1) is 16.5. The lowest BCUT2D eigenvalue weighted by Crippen LogP contribution is -2.24. The van der Waals surface area contributed by atoms with Gasteiger partial charge in [-0.05, 0) is 48.0 Å². The number of ether oxygens (including phenoxy) is 2. The third kappa shape index (κ3) is 5.60. The van der Waals surface area contributed by atoms with E-state index in [1.165, 1.54) is 6.21 Å². The lowest BCUT2D eigenvalue weighted by molar-refractivity contribution is -0.123. The van der Waals surface area contributed by atoms with Crippen molar-refractivity contribution in [2.75, 3.05) is 6.61 Å². The van der Waals surface area contributed by atoms with Crippen molar-refractivity contribution >= 4 is 40.5 Å². The highest BCUT2D eigenvalue weighted by Gasteiger charge is 2.14. The van der Waals surface area contributed by atoms with E-state index < -0.39 is 11.9 Å². The Morgan fingerprint density at radius 3 is 2.44 bits per heavy atom. The molecule has 1 N–H and O–H groups in total. The molecule has 4 rings (SSSR count). The molecule has 0 saturated heterocycles. The van der Waals surface area contributed by atoms with Gasteiger partial charge in [0.2, 0.25) is 0 Å². The first-order valence-corrected chi connectivity index (χ1v) is 10.9. The Kier molecular flexibility index (Phi) is 7.20. The molecule has 1 amide bonds. The zero-order valence-corrected chi connectivity index (χ0v) is 19.1. The largest absolute Gasteiger partial charge is 0.482 e. The summed E-state index contributed by atoms with van der Waals surface area (Å²) >= 11 is 6.03. The lowest BCUT2D eigenvalue weighted by atomic mass is 10.0. The van der Waals surface area contributed by atoms with Gasteiger partial charge in [-0.3, -0.25) is 4.79 Å². The lowest BCUT2D eigenvalue weighted by Gasteiger charge is -2.11. The first-order valence-electron chi connectivity index (χ1n) is 10.5. The average molecular weight is 473 g/mol. The van der Waals surface area contributed by atoms with Gasteiger partial charge in [0.25, 0.3) is 5.91 Å². The van der Waals surface area contributed by atoms with Crippen LogP contribution in [0.5, 0.6) is 11.5 Å². The Morgan fingerprint density at radius 2 is 1.65 bits per heavy atom. The molecule has 0 spiro atoms. The fourth-order valence-corrected chi connectivity index (χ4v) is 3.44. The number of benzene rings is 4. The smallest absolute Gasteiger partial charge is 0.343 e. The highest BCUT2D eigenvalue weighted by Crippen LogP contribution is 2.27. The second-order valence-corrected chi connectivity index (χ2v) is 7.87. The maximum absolute atomic E-state index is 12.7. The normalized spacial score (nSPS) is 10.9. The van der Waals surface area contributed by atoms with Crippen molar-refractivity contribution in [2.24, 2.45) is 5.10 Å². The van der Waals surface area contributed by atoms with Crippen LogP contribution in [0.25, 0.3) is 10.8 Å². The number of carbonyl (C=O) groups excluding carboxylic acids is 2. The van der Waals surface area contributed by atoms with Crippen LogP contribution >= 0.6 is 11.6 Å². The van der Waals surface area contributed by atoms with Crippen molar-refractivity contribution in [1.29, 1.82) is 0 Å². The summed E-state index contributed by atoms with van der Waals surface area (Å²) in [5.41, 5.74) is 4.47. The topological polar surface area (TPSA) is 77.0 Å². The van der Waals surface area contributed by atoms with Crippen molar-refractivity contribution in [3.8, 4) is 11.5 Å². The summed E-state index contributed by atoms with van der Waals surface area (Å²) in [6, 6.07) is 25.2. The van der Waals surface area contributed by atoms with Gasteiger partial charge in [0.15, 0.2) is 6.61 Å². The number of esters is 1. The minimum atomic E-state index is -0.484. The number of hydrazone groups is 1. The second kappa shape index (κ2) is 10.6. The molecular formula is C27H21ClN2O4. The molecule has 34 heavy (non-hydrogen) atoms. The minimum absolute atomic E-state index is 0.258. The molecule has 0 aliphatic rings. The number of fused-ring (bicyclic) bond motifs is 1. The van der Waals surface area contributed by atoms with Crippen molar-refractivity contribution in [1.82, 2.24) is 5.43 Å². The Balaban J connectivity index is 1.51. The molecule has 0 atom stereocenters. The predicted molar refractivity (Wildman–Crippen MR) is 133 cm³/mol. The number of rotatable bonds is 7. The van der Waals surface area contributed by atoms with Crippen LogP contribution < -0.4 is 14.9 Å².